The smallest absolute Gasteiger partial charge is 0.337 e. The van der Waals surface area contributed by atoms with Gasteiger partial charge in [-0.1, -0.05) is 18.2 Å². The molecule has 0 amide bonds. The quantitative estimate of drug-likeness (QED) is 0.779. The van der Waals surface area contributed by atoms with Crippen molar-refractivity contribution in [3.05, 3.63) is 54.0 Å². The summed E-state index contributed by atoms with van der Waals surface area (Å²) >= 11 is 0. The summed E-state index contributed by atoms with van der Waals surface area (Å²) in [6.07, 6.45) is 3.54. The molecule has 0 bridgehead atoms. The minimum Gasteiger partial charge on any atom is -0.478 e. The molecule has 2 aromatic heterocycles. The highest BCUT2D eigenvalue weighted by atomic mass is 16.4. The summed E-state index contributed by atoms with van der Waals surface area (Å²) in [6, 6.07) is 9.43. The lowest BCUT2D eigenvalue weighted by molar-refractivity contribution is 0.0699. The van der Waals surface area contributed by atoms with Crippen LogP contribution in [0.15, 0.2) is 42.7 Å². The number of carboxylic acid groups (broad SMARTS) is 1. The highest BCUT2D eigenvalue weighted by molar-refractivity contribution is 6.03. The first kappa shape index (κ1) is 11.5. The van der Waals surface area contributed by atoms with Gasteiger partial charge in [-0.05, 0) is 12.1 Å². The Morgan fingerprint density at radius 2 is 2.11 bits per heavy atom. The maximum atomic E-state index is 11.3. The van der Waals surface area contributed by atoms with Crippen molar-refractivity contribution in [1.82, 2.24) is 14.3 Å². The van der Waals surface area contributed by atoms with Crippen LogP contribution in [0.3, 0.4) is 0 Å². The standard InChI is InChI=1S/C14H13N3O2/c1-16-7-6-10(15-16)8-17-9-12(14(18)19)11-4-2-3-5-13(11)17/h2-7,9H,8H2,1H3,(H,18,19). The van der Waals surface area contributed by atoms with Gasteiger partial charge < -0.3 is 9.67 Å². The molecule has 0 fully saturated rings. The molecule has 0 aliphatic rings. The van der Waals surface area contributed by atoms with Crippen molar-refractivity contribution in [2.75, 3.05) is 0 Å². The first-order valence-electron chi connectivity index (χ1n) is 5.95. The van der Waals surface area contributed by atoms with Crippen molar-refractivity contribution in [3.8, 4) is 0 Å². The summed E-state index contributed by atoms with van der Waals surface area (Å²) in [6.45, 7) is 0.564. The molecule has 0 saturated carbocycles. The van der Waals surface area contributed by atoms with E-state index in [1.807, 2.05) is 48.1 Å². The first-order valence-corrected chi connectivity index (χ1v) is 5.95. The topological polar surface area (TPSA) is 60.0 Å². The van der Waals surface area contributed by atoms with Crippen LogP contribution < -0.4 is 0 Å². The van der Waals surface area contributed by atoms with Crippen LogP contribution in [0.25, 0.3) is 10.9 Å². The first-order chi connectivity index (χ1) is 9.15. The zero-order valence-electron chi connectivity index (χ0n) is 10.4. The molecule has 19 heavy (non-hydrogen) atoms. The van der Waals surface area contributed by atoms with E-state index in [0.29, 0.717) is 12.1 Å². The largest absolute Gasteiger partial charge is 0.478 e. The Bertz CT molecular complexity index is 755. The number of aryl methyl sites for hydroxylation is 1. The predicted octanol–water partition coefficient (Wildman–Crippen LogP) is 2.12. The van der Waals surface area contributed by atoms with Gasteiger partial charge in [0, 0.05) is 30.3 Å². The van der Waals surface area contributed by atoms with Gasteiger partial charge in [0.2, 0.25) is 0 Å². The van der Waals surface area contributed by atoms with Gasteiger partial charge in [0.05, 0.1) is 17.8 Å². The van der Waals surface area contributed by atoms with Crippen molar-refractivity contribution in [3.63, 3.8) is 0 Å². The van der Waals surface area contributed by atoms with E-state index < -0.39 is 5.97 Å². The fraction of sp³-hybridized carbons (Fsp3) is 0.143. The monoisotopic (exact) mass is 255 g/mol. The Hall–Kier alpha value is -2.56. The van der Waals surface area contributed by atoms with Crippen molar-refractivity contribution in [1.29, 1.82) is 0 Å². The Morgan fingerprint density at radius 3 is 2.79 bits per heavy atom. The second-order valence-corrected chi connectivity index (χ2v) is 4.47. The molecule has 3 aromatic rings. The Morgan fingerprint density at radius 1 is 1.32 bits per heavy atom. The van der Waals surface area contributed by atoms with Gasteiger partial charge in [-0.25, -0.2) is 4.79 Å². The van der Waals surface area contributed by atoms with E-state index in [-0.39, 0.29) is 0 Å². The molecule has 0 aliphatic carbocycles. The van der Waals surface area contributed by atoms with Gasteiger partial charge in [-0.2, -0.15) is 5.10 Å². The van der Waals surface area contributed by atoms with Gasteiger partial charge in [-0.15, -0.1) is 0 Å². The summed E-state index contributed by atoms with van der Waals surface area (Å²) in [5.74, 6) is -0.907. The second kappa shape index (κ2) is 4.28. The number of carbonyl (C=O) groups is 1. The number of rotatable bonds is 3. The number of para-hydroxylation sites is 1. The highest BCUT2D eigenvalue weighted by Gasteiger charge is 2.14. The lowest BCUT2D eigenvalue weighted by Gasteiger charge is -2.02. The molecule has 1 N–H and O–H groups in total. The molecule has 5 heteroatoms. The number of hydrogen-bond donors (Lipinski definition) is 1. The van der Waals surface area contributed by atoms with E-state index >= 15 is 0 Å². The molecule has 0 atom stereocenters. The third-order valence-corrected chi connectivity index (χ3v) is 3.12. The number of carboxylic acids is 1. The molecule has 3 rings (SSSR count). The van der Waals surface area contributed by atoms with E-state index in [2.05, 4.69) is 5.10 Å². The number of benzene rings is 1. The van der Waals surface area contributed by atoms with Crippen LogP contribution in [0.5, 0.6) is 0 Å². The van der Waals surface area contributed by atoms with Gasteiger partial charge in [0.1, 0.15) is 0 Å². The number of hydrogen-bond acceptors (Lipinski definition) is 2. The Balaban J connectivity index is 2.11. The van der Waals surface area contributed by atoms with Gasteiger partial charge in [0.25, 0.3) is 0 Å². The third kappa shape index (κ3) is 1.99. The molecule has 5 nitrogen and oxygen atoms in total. The molecular formula is C14H13N3O2. The predicted molar refractivity (Wildman–Crippen MR) is 71.2 cm³/mol. The van der Waals surface area contributed by atoms with Gasteiger partial charge in [-0.3, -0.25) is 4.68 Å². The molecule has 0 radical (unpaired) electrons. The number of aromatic carboxylic acids is 1. The molecule has 2 heterocycles. The van der Waals surface area contributed by atoms with Crippen molar-refractivity contribution >= 4 is 16.9 Å². The van der Waals surface area contributed by atoms with Gasteiger partial charge in [0.15, 0.2) is 0 Å². The number of nitrogens with zero attached hydrogens (tertiary/aromatic N) is 3. The summed E-state index contributed by atoms with van der Waals surface area (Å²) in [5.41, 5.74) is 2.14. The zero-order valence-corrected chi connectivity index (χ0v) is 10.4. The lowest BCUT2D eigenvalue weighted by Crippen LogP contribution is -2.00. The number of aromatic nitrogens is 3. The van der Waals surface area contributed by atoms with Crippen LogP contribution in [0, 0.1) is 0 Å². The molecular weight excluding hydrogens is 242 g/mol. The number of fused-ring (bicyclic) bond motifs is 1. The van der Waals surface area contributed by atoms with Crippen LogP contribution in [-0.2, 0) is 13.6 Å². The van der Waals surface area contributed by atoms with Crippen molar-refractivity contribution in [2.45, 2.75) is 6.54 Å². The van der Waals surface area contributed by atoms with Crippen LogP contribution in [-0.4, -0.2) is 25.4 Å². The average Bonchev–Trinajstić information content (AvgIpc) is 2.95. The zero-order chi connectivity index (χ0) is 13.4. The van der Waals surface area contributed by atoms with E-state index in [4.69, 9.17) is 0 Å². The molecule has 0 saturated heterocycles. The van der Waals surface area contributed by atoms with Crippen LogP contribution >= 0.6 is 0 Å². The van der Waals surface area contributed by atoms with E-state index in [1.165, 1.54) is 0 Å². The van der Waals surface area contributed by atoms with Crippen LogP contribution in [0.2, 0.25) is 0 Å². The van der Waals surface area contributed by atoms with Crippen LogP contribution in [0.4, 0.5) is 0 Å². The highest BCUT2D eigenvalue weighted by Crippen LogP contribution is 2.22. The third-order valence-electron chi connectivity index (χ3n) is 3.12. The summed E-state index contributed by atoms with van der Waals surface area (Å²) < 4.78 is 3.65. The summed E-state index contributed by atoms with van der Waals surface area (Å²) in [5, 5.41) is 14.3. The Labute approximate surface area is 109 Å². The normalized spacial score (nSPS) is 11.0. The maximum absolute atomic E-state index is 11.3. The van der Waals surface area contributed by atoms with E-state index in [9.17, 15) is 9.90 Å². The summed E-state index contributed by atoms with van der Waals surface area (Å²) in [7, 11) is 1.86. The maximum Gasteiger partial charge on any atom is 0.337 e. The minimum atomic E-state index is -0.907. The van der Waals surface area contributed by atoms with Crippen LogP contribution in [0.1, 0.15) is 16.1 Å². The van der Waals surface area contributed by atoms with E-state index in [0.717, 1.165) is 16.6 Å². The Kier molecular flexibility index (Phi) is 2.59. The minimum absolute atomic E-state index is 0.325. The fourth-order valence-electron chi connectivity index (χ4n) is 2.27. The summed E-state index contributed by atoms with van der Waals surface area (Å²) in [4.78, 5) is 11.3. The molecule has 0 unspecified atom stereocenters. The second-order valence-electron chi connectivity index (χ2n) is 4.47. The molecule has 1 aromatic carbocycles. The van der Waals surface area contributed by atoms with Gasteiger partial charge >= 0.3 is 5.97 Å². The van der Waals surface area contributed by atoms with Crippen molar-refractivity contribution < 1.29 is 9.90 Å². The van der Waals surface area contributed by atoms with Crippen molar-refractivity contribution in [2.24, 2.45) is 7.05 Å². The van der Waals surface area contributed by atoms with E-state index in [1.54, 1.807) is 10.9 Å². The molecule has 96 valence electrons. The lowest BCUT2D eigenvalue weighted by atomic mass is 10.2. The molecule has 0 aliphatic heterocycles. The SMILES string of the molecule is Cn1ccc(Cn2cc(C(=O)O)c3ccccc32)n1. The molecule has 0 spiro atoms. The fourth-order valence-corrected chi connectivity index (χ4v) is 2.27. The average molecular weight is 255 g/mol.